The van der Waals surface area contributed by atoms with Crippen molar-refractivity contribution < 1.29 is 9.53 Å². The minimum absolute atomic E-state index is 0.0262. The zero-order valence-corrected chi connectivity index (χ0v) is 12.2. The fourth-order valence-electron chi connectivity index (χ4n) is 1.31. The lowest BCUT2D eigenvalue weighted by atomic mass is 10.2. The van der Waals surface area contributed by atoms with Gasteiger partial charge in [0.05, 0.1) is 6.61 Å². The van der Waals surface area contributed by atoms with Crippen molar-refractivity contribution in [2.24, 2.45) is 0 Å². The van der Waals surface area contributed by atoms with Gasteiger partial charge in [-0.3, -0.25) is 4.79 Å². The molecule has 1 rings (SSSR count). The Morgan fingerprint density at radius 1 is 1.47 bits per heavy atom. The molecule has 1 amide bonds. The second kappa shape index (κ2) is 7.50. The highest BCUT2D eigenvalue weighted by Gasteiger charge is 2.12. The second-order valence-corrected chi connectivity index (χ2v) is 4.79. The monoisotopic (exact) mass is 348 g/mol. The number of halogens is 1. The molecule has 94 valence electrons. The van der Waals surface area contributed by atoms with Crippen molar-refractivity contribution in [1.82, 2.24) is 5.32 Å². The van der Waals surface area contributed by atoms with E-state index in [1.54, 1.807) is 7.11 Å². The Bertz CT molecular complexity index is 371. The van der Waals surface area contributed by atoms with Gasteiger partial charge in [-0.1, -0.05) is 12.1 Å². The number of carbonyl (C=O) groups is 1. The zero-order chi connectivity index (χ0) is 12.7. The molecule has 0 saturated heterocycles. The van der Waals surface area contributed by atoms with Crippen molar-refractivity contribution in [1.29, 1.82) is 0 Å². The van der Waals surface area contributed by atoms with E-state index in [2.05, 4.69) is 33.2 Å². The van der Waals surface area contributed by atoms with Gasteiger partial charge >= 0.3 is 0 Å². The molecule has 0 bridgehead atoms. The van der Waals surface area contributed by atoms with Crippen LogP contribution in [0.25, 0.3) is 0 Å². The van der Waals surface area contributed by atoms with Gasteiger partial charge in [0.25, 0.3) is 0 Å². The van der Waals surface area contributed by atoms with Crippen LogP contribution in [-0.2, 0) is 9.53 Å². The average Bonchev–Trinajstić information content (AvgIpc) is 2.32. The molecule has 1 aromatic carbocycles. The van der Waals surface area contributed by atoms with Crippen LogP contribution in [0.15, 0.2) is 24.3 Å². The maximum absolute atomic E-state index is 11.7. The minimum Gasteiger partial charge on any atom is -0.383 e. The number of hydrogen-bond donors (Lipinski definition) is 2. The highest BCUT2D eigenvalue weighted by molar-refractivity contribution is 14.1. The summed E-state index contributed by atoms with van der Waals surface area (Å²) in [5, 5.41) is 5.97. The van der Waals surface area contributed by atoms with E-state index in [1.807, 2.05) is 31.2 Å². The van der Waals surface area contributed by atoms with E-state index < -0.39 is 0 Å². The van der Waals surface area contributed by atoms with E-state index in [-0.39, 0.29) is 11.9 Å². The van der Waals surface area contributed by atoms with E-state index in [4.69, 9.17) is 4.74 Å². The number of benzene rings is 1. The Hall–Kier alpha value is -0.820. The SMILES string of the molecule is COCCNC(=O)C(C)Nc1ccccc1I. The Balaban J connectivity index is 2.46. The third kappa shape index (κ3) is 4.91. The van der Waals surface area contributed by atoms with Crippen molar-refractivity contribution in [3.05, 3.63) is 27.8 Å². The molecule has 0 fully saturated rings. The predicted molar refractivity (Wildman–Crippen MR) is 77.1 cm³/mol. The molecule has 0 aliphatic heterocycles. The van der Waals surface area contributed by atoms with E-state index in [0.29, 0.717) is 13.2 Å². The molecule has 1 unspecified atom stereocenters. The Labute approximate surface area is 115 Å². The van der Waals surface area contributed by atoms with Crippen LogP contribution in [0.3, 0.4) is 0 Å². The van der Waals surface area contributed by atoms with E-state index >= 15 is 0 Å². The third-order valence-corrected chi connectivity index (χ3v) is 3.19. The highest BCUT2D eigenvalue weighted by Crippen LogP contribution is 2.17. The summed E-state index contributed by atoms with van der Waals surface area (Å²) in [6.45, 7) is 2.90. The molecule has 0 saturated carbocycles. The maximum Gasteiger partial charge on any atom is 0.242 e. The van der Waals surface area contributed by atoms with Gasteiger partial charge in [-0.15, -0.1) is 0 Å². The van der Waals surface area contributed by atoms with Gasteiger partial charge in [-0.25, -0.2) is 0 Å². The summed E-state index contributed by atoms with van der Waals surface area (Å²) in [5.41, 5.74) is 0.975. The fourth-order valence-corrected chi connectivity index (χ4v) is 1.85. The van der Waals surface area contributed by atoms with E-state index in [9.17, 15) is 4.79 Å². The summed E-state index contributed by atoms with van der Waals surface area (Å²) in [5.74, 6) is -0.0262. The lowest BCUT2D eigenvalue weighted by molar-refractivity contribution is -0.121. The Kier molecular flexibility index (Phi) is 6.28. The van der Waals surface area contributed by atoms with Gasteiger partial charge in [0.15, 0.2) is 0 Å². The lowest BCUT2D eigenvalue weighted by Crippen LogP contribution is -2.39. The lowest BCUT2D eigenvalue weighted by Gasteiger charge is -2.16. The van der Waals surface area contributed by atoms with Crippen LogP contribution >= 0.6 is 22.6 Å². The van der Waals surface area contributed by atoms with Crippen molar-refractivity contribution in [2.45, 2.75) is 13.0 Å². The number of ether oxygens (including phenoxy) is 1. The summed E-state index contributed by atoms with van der Waals surface area (Å²) in [6.07, 6.45) is 0. The molecule has 5 heteroatoms. The minimum atomic E-state index is -0.261. The number of carbonyl (C=O) groups excluding carboxylic acids is 1. The highest BCUT2D eigenvalue weighted by atomic mass is 127. The number of para-hydroxylation sites is 1. The molecule has 0 heterocycles. The zero-order valence-electron chi connectivity index (χ0n) is 10.00. The molecular weight excluding hydrogens is 331 g/mol. The van der Waals surface area contributed by atoms with Gasteiger partial charge in [-0.05, 0) is 41.6 Å². The van der Waals surface area contributed by atoms with Gasteiger partial charge < -0.3 is 15.4 Å². The van der Waals surface area contributed by atoms with Crippen LogP contribution in [0.2, 0.25) is 0 Å². The van der Waals surface area contributed by atoms with Crippen LogP contribution in [0.5, 0.6) is 0 Å². The summed E-state index contributed by atoms with van der Waals surface area (Å²) >= 11 is 2.24. The van der Waals surface area contributed by atoms with Crippen molar-refractivity contribution in [3.8, 4) is 0 Å². The first-order valence-corrected chi connectivity index (χ1v) is 6.50. The number of methoxy groups -OCH3 is 1. The van der Waals surface area contributed by atoms with Gasteiger partial charge in [0.1, 0.15) is 6.04 Å². The van der Waals surface area contributed by atoms with Crippen LogP contribution < -0.4 is 10.6 Å². The van der Waals surface area contributed by atoms with Crippen molar-refractivity contribution in [2.75, 3.05) is 25.6 Å². The predicted octanol–water partition coefficient (Wildman–Crippen LogP) is 1.85. The molecule has 17 heavy (non-hydrogen) atoms. The van der Waals surface area contributed by atoms with E-state index in [0.717, 1.165) is 9.26 Å². The normalized spacial score (nSPS) is 11.9. The molecule has 0 radical (unpaired) electrons. The standard InChI is InChI=1S/C12H17IN2O2/c1-9(12(16)14-7-8-17-2)15-11-6-4-3-5-10(11)13/h3-6,9,15H,7-8H2,1-2H3,(H,14,16). The fraction of sp³-hybridized carbons (Fsp3) is 0.417. The number of nitrogens with one attached hydrogen (secondary N) is 2. The quantitative estimate of drug-likeness (QED) is 0.610. The summed E-state index contributed by atoms with van der Waals surface area (Å²) in [4.78, 5) is 11.7. The van der Waals surface area contributed by atoms with Gasteiger partial charge in [-0.2, -0.15) is 0 Å². The van der Waals surface area contributed by atoms with Gasteiger partial charge in [0, 0.05) is 22.9 Å². The van der Waals surface area contributed by atoms with Crippen LogP contribution in [0.1, 0.15) is 6.92 Å². The van der Waals surface area contributed by atoms with Crippen LogP contribution in [0, 0.1) is 3.57 Å². The molecule has 0 aromatic heterocycles. The molecule has 0 aliphatic rings. The first-order chi connectivity index (χ1) is 8.15. The van der Waals surface area contributed by atoms with Crippen LogP contribution in [-0.4, -0.2) is 32.2 Å². The second-order valence-electron chi connectivity index (χ2n) is 3.63. The number of amides is 1. The number of rotatable bonds is 6. The first-order valence-electron chi connectivity index (χ1n) is 5.43. The first kappa shape index (κ1) is 14.2. The molecule has 4 nitrogen and oxygen atoms in total. The van der Waals surface area contributed by atoms with E-state index in [1.165, 1.54) is 0 Å². The summed E-state index contributed by atoms with van der Waals surface area (Å²) in [6, 6.07) is 7.61. The molecule has 1 aromatic rings. The largest absolute Gasteiger partial charge is 0.383 e. The average molecular weight is 348 g/mol. The summed E-state index contributed by atoms with van der Waals surface area (Å²) < 4.78 is 5.97. The topological polar surface area (TPSA) is 50.4 Å². The Morgan fingerprint density at radius 2 is 2.18 bits per heavy atom. The number of hydrogen-bond acceptors (Lipinski definition) is 3. The molecule has 0 spiro atoms. The maximum atomic E-state index is 11.7. The molecular formula is C12H17IN2O2. The summed E-state index contributed by atoms with van der Waals surface area (Å²) in [7, 11) is 1.61. The van der Waals surface area contributed by atoms with Gasteiger partial charge in [0.2, 0.25) is 5.91 Å². The molecule has 1 atom stereocenters. The van der Waals surface area contributed by atoms with Crippen LogP contribution in [0.4, 0.5) is 5.69 Å². The van der Waals surface area contributed by atoms with Crippen molar-refractivity contribution in [3.63, 3.8) is 0 Å². The Morgan fingerprint density at radius 3 is 2.82 bits per heavy atom. The molecule has 2 N–H and O–H groups in total. The third-order valence-electron chi connectivity index (χ3n) is 2.24. The van der Waals surface area contributed by atoms with Crippen molar-refractivity contribution >= 4 is 34.2 Å². The smallest absolute Gasteiger partial charge is 0.242 e. The number of anilines is 1. The molecule has 0 aliphatic carbocycles.